The fourth-order valence-corrected chi connectivity index (χ4v) is 2.29. The molecule has 0 aliphatic carbocycles. The average Bonchev–Trinajstić information content (AvgIpc) is 2.51. The summed E-state index contributed by atoms with van der Waals surface area (Å²) in [7, 11) is 3.85. The zero-order valence-electron chi connectivity index (χ0n) is 14.6. The molecule has 0 aromatic rings. The van der Waals surface area contributed by atoms with Gasteiger partial charge in [-0.1, -0.05) is 0 Å². The van der Waals surface area contributed by atoms with Gasteiger partial charge in [-0.25, -0.2) is 4.79 Å². The standard InChI is InChI=1S/C15H28N4O4/c1-5-23-15(22)18-10-8-17(9-11-18)14(21)12-19(13(2)20)7-6-16(3)4/h5-12H2,1-4H3. The highest BCUT2D eigenvalue weighted by atomic mass is 16.6. The fraction of sp³-hybridized carbons (Fsp3) is 0.800. The second-order valence-electron chi connectivity index (χ2n) is 5.81. The molecule has 23 heavy (non-hydrogen) atoms. The number of piperazine rings is 1. The van der Waals surface area contributed by atoms with Gasteiger partial charge < -0.3 is 24.3 Å². The summed E-state index contributed by atoms with van der Waals surface area (Å²) in [4.78, 5) is 42.5. The Balaban J connectivity index is 2.45. The molecule has 132 valence electrons. The predicted molar refractivity (Wildman–Crippen MR) is 86.0 cm³/mol. The van der Waals surface area contributed by atoms with Gasteiger partial charge in [0.15, 0.2) is 0 Å². The van der Waals surface area contributed by atoms with Crippen LogP contribution in [-0.4, -0.2) is 104 Å². The van der Waals surface area contributed by atoms with Crippen LogP contribution in [0.25, 0.3) is 0 Å². The SMILES string of the molecule is CCOC(=O)N1CCN(C(=O)CN(CCN(C)C)C(C)=O)CC1. The molecule has 0 radical (unpaired) electrons. The van der Waals surface area contributed by atoms with E-state index in [9.17, 15) is 14.4 Å². The number of rotatable bonds is 6. The third-order valence-electron chi connectivity index (χ3n) is 3.75. The summed E-state index contributed by atoms with van der Waals surface area (Å²) in [5.74, 6) is -0.187. The molecule has 0 N–H and O–H groups in total. The van der Waals surface area contributed by atoms with Crippen molar-refractivity contribution >= 4 is 17.9 Å². The topological polar surface area (TPSA) is 73.4 Å². The molecular formula is C15H28N4O4. The highest BCUT2D eigenvalue weighted by Gasteiger charge is 2.26. The van der Waals surface area contributed by atoms with Crippen LogP contribution in [0.5, 0.6) is 0 Å². The van der Waals surface area contributed by atoms with E-state index in [0.717, 1.165) is 0 Å². The monoisotopic (exact) mass is 328 g/mol. The Labute approximate surface area is 137 Å². The van der Waals surface area contributed by atoms with Crippen LogP contribution in [0, 0.1) is 0 Å². The number of hydrogen-bond donors (Lipinski definition) is 0. The summed E-state index contributed by atoms with van der Waals surface area (Å²) >= 11 is 0. The van der Waals surface area contributed by atoms with Gasteiger partial charge in [0, 0.05) is 46.2 Å². The molecule has 0 aromatic carbocycles. The molecule has 0 saturated carbocycles. The molecule has 0 spiro atoms. The van der Waals surface area contributed by atoms with Crippen molar-refractivity contribution in [1.82, 2.24) is 19.6 Å². The van der Waals surface area contributed by atoms with Crippen LogP contribution in [0.1, 0.15) is 13.8 Å². The summed E-state index contributed by atoms with van der Waals surface area (Å²) in [5.41, 5.74) is 0. The van der Waals surface area contributed by atoms with Crippen molar-refractivity contribution < 1.29 is 19.1 Å². The number of hydrogen-bond acceptors (Lipinski definition) is 5. The van der Waals surface area contributed by atoms with Gasteiger partial charge in [-0.3, -0.25) is 9.59 Å². The smallest absolute Gasteiger partial charge is 0.409 e. The van der Waals surface area contributed by atoms with E-state index in [1.807, 2.05) is 19.0 Å². The van der Waals surface area contributed by atoms with Crippen LogP contribution < -0.4 is 0 Å². The van der Waals surface area contributed by atoms with E-state index in [4.69, 9.17) is 4.74 Å². The van der Waals surface area contributed by atoms with E-state index in [1.54, 1.807) is 21.6 Å². The molecule has 0 unspecified atom stereocenters. The quantitative estimate of drug-likeness (QED) is 0.669. The summed E-state index contributed by atoms with van der Waals surface area (Å²) in [6, 6.07) is 0. The Morgan fingerprint density at radius 3 is 2.04 bits per heavy atom. The number of amides is 3. The van der Waals surface area contributed by atoms with Crippen LogP contribution >= 0.6 is 0 Å². The molecule has 1 rings (SSSR count). The van der Waals surface area contributed by atoms with Crippen molar-refractivity contribution in [2.45, 2.75) is 13.8 Å². The van der Waals surface area contributed by atoms with Gasteiger partial charge >= 0.3 is 6.09 Å². The Morgan fingerprint density at radius 2 is 1.57 bits per heavy atom. The van der Waals surface area contributed by atoms with Gasteiger partial charge in [-0.2, -0.15) is 0 Å². The van der Waals surface area contributed by atoms with Crippen LogP contribution in [0.4, 0.5) is 4.79 Å². The molecule has 1 fully saturated rings. The van der Waals surface area contributed by atoms with Gasteiger partial charge in [0.05, 0.1) is 13.2 Å². The maximum absolute atomic E-state index is 12.3. The predicted octanol–water partition coefficient (Wildman–Crippen LogP) is -0.303. The zero-order valence-corrected chi connectivity index (χ0v) is 14.6. The van der Waals surface area contributed by atoms with Crippen molar-refractivity contribution in [3.63, 3.8) is 0 Å². The largest absolute Gasteiger partial charge is 0.450 e. The van der Waals surface area contributed by atoms with Gasteiger partial charge in [0.2, 0.25) is 11.8 Å². The van der Waals surface area contributed by atoms with Crippen molar-refractivity contribution in [1.29, 1.82) is 0 Å². The Kier molecular flexibility index (Phi) is 7.80. The minimum absolute atomic E-state index is 0.0811. The Morgan fingerprint density at radius 1 is 1.00 bits per heavy atom. The second kappa shape index (κ2) is 9.34. The molecule has 3 amide bonds. The van der Waals surface area contributed by atoms with E-state index in [1.165, 1.54) is 6.92 Å². The van der Waals surface area contributed by atoms with Crippen LogP contribution in [0.15, 0.2) is 0 Å². The zero-order chi connectivity index (χ0) is 17.4. The van der Waals surface area contributed by atoms with E-state index in [0.29, 0.717) is 45.9 Å². The van der Waals surface area contributed by atoms with Gasteiger partial charge in [-0.05, 0) is 21.0 Å². The second-order valence-corrected chi connectivity index (χ2v) is 5.81. The summed E-state index contributed by atoms with van der Waals surface area (Å²) < 4.78 is 4.95. The van der Waals surface area contributed by atoms with E-state index in [-0.39, 0.29) is 24.5 Å². The van der Waals surface area contributed by atoms with Gasteiger partial charge in [0.1, 0.15) is 0 Å². The fourth-order valence-electron chi connectivity index (χ4n) is 2.29. The summed E-state index contributed by atoms with van der Waals surface area (Å²) in [6.07, 6.45) is -0.337. The summed E-state index contributed by atoms with van der Waals surface area (Å²) in [6.45, 7) is 6.77. The normalized spacial score (nSPS) is 14.8. The van der Waals surface area contributed by atoms with Gasteiger partial charge in [-0.15, -0.1) is 0 Å². The molecule has 0 aromatic heterocycles. The molecule has 0 atom stereocenters. The molecule has 1 aliphatic heterocycles. The van der Waals surface area contributed by atoms with Crippen molar-refractivity contribution in [2.24, 2.45) is 0 Å². The molecule has 8 heteroatoms. The molecule has 1 saturated heterocycles. The molecule has 0 bridgehead atoms. The molecule has 1 heterocycles. The molecular weight excluding hydrogens is 300 g/mol. The number of carbonyl (C=O) groups excluding carboxylic acids is 3. The van der Waals surface area contributed by atoms with Gasteiger partial charge in [0.25, 0.3) is 0 Å². The average molecular weight is 328 g/mol. The lowest BCUT2D eigenvalue weighted by Crippen LogP contribution is -2.53. The first-order valence-corrected chi connectivity index (χ1v) is 7.94. The minimum Gasteiger partial charge on any atom is -0.450 e. The number of nitrogens with zero attached hydrogens (tertiary/aromatic N) is 4. The van der Waals surface area contributed by atoms with E-state index < -0.39 is 0 Å². The Bertz CT molecular complexity index is 420. The lowest BCUT2D eigenvalue weighted by Gasteiger charge is -2.35. The first kappa shape index (κ1) is 19.2. The highest BCUT2D eigenvalue weighted by molar-refractivity contribution is 5.84. The third-order valence-corrected chi connectivity index (χ3v) is 3.75. The first-order chi connectivity index (χ1) is 10.8. The first-order valence-electron chi connectivity index (χ1n) is 7.94. The third kappa shape index (κ3) is 6.43. The minimum atomic E-state index is -0.337. The molecule has 1 aliphatic rings. The van der Waals surface area contributed by atoms with Crippen LogP contribution in [0.2, 0.25) is 0 Å². The maximum atomic E-state index is 12.3. The van der Waals surface area contributed by atoms with E-state index >= 15 is 0 Å². The van der Waals surface area contributed by atoms with Crippen molar-refractivity contribution in [3.05, 3.63) is 0 Å². The number of likely N-dealkylation sites (N-methyl/N-ethyl adjacent to an activating group) is 1. The van der Waals surface area contributed by atoms with Crippen molar-refractivity contribution in [3.8, 4) is 0 Å². The highest BCUT2D eigenvalue weighted by Crippen LogP contribution is 2.05. The Hall–Kier alpha value is -1.83. The maximum Gasteiger partial charge on any atom is 0.409 e. The van der Waals surface area contributed by atoms with E-state index in [2.05, 4.69) is 0 Å². The molecule has 8 nitrogen and oxygen atoms in total. The van der Waals surface area contributed by atoms with Crippen LogP contribution in [-0.2, 0) is 14.3 Å². The number of carbonyl (C=O) groups is 3. The summed E-state index contributed by atoms with van der Waals surface area (Å²) in [5, 5.41) is 0. The number of ether oxygens (including phenoxy) is 1. The lowest BCUT2D eigenvalue weighted by atomic mass is 10.3. The van der Waals surface area contributed by atoms with Crippen molar-refractivity contribution in [2.75, 3.05) is 66.5 Å². The lowest BCUT2D eigenvalue weighted by molar-refractivity contribution is -0.140. The van der Waals surface area contributed by atoms with Crippen LogP contribution in [0.3, 0.4) is 0 Å².